The third-order valence-corrected chi connectivity index (χ3v) is 5.69. The predicted molar refractivity (Wildman–Crippen MR) is 113 cm³/mol. The molecule has 156 valence electrons. The van der Waals surface area contributed by atoms with Crippen LogP contribution in [-0.2, 0) is 14.3 Å². The van der Waals surface area contributed by atoms with Gasteiger partial charge in [-0.3, -0.25) is 9.78 Å². The van der Waals surface area contributed by atoms with Gasteiger partial charge in [-0.05, 0) is 44.7 Å². The van der Waals surface area contributed by atoms with Gasteiger partial charge >= 0.3 is 0 Å². The Bertz CT molecular complexity index is 874. The molecule has 2 fully saturated rings. The molecule has 0 saturated carbocycles. The topological polar surface area (TPSA) is 66.9 Å². The van der Waals surface area contributed by atoms with Gasteiger partial charge in [-0.25, -0.2) is 0 Å². The van der Waals surface area contributed by atoms with E-state index in [1.54, 1.807) is 0 Å². The lowest BCUT2D eigenvalue weighted by molar-refractivity contribution is -0.138. The van der Waals surface area contributed by atoms with Gasteiger partial charge in [-0.1, -0.05) is 6.07 Å². The maximum atomic E-state index is 12.8. The minimum Gasteiger partial charge on any atom is -0.374 e. The molecule has 0 spiro atoms. The van der Waals surface area contributed by atoms with Crippen molar-refractivity contribution in [3.05, 3.63) is 36.0 Å². The smallest absolute Gasteiger partial charge is 0.251 e. The fourth-order valence-electron chi connectivity index (χ4n) is 4.19. The quantitative estimate of drug-likeness (QED) is 0.844. The van der Waals surface area contributed by atoms with E-state index in [0.717, 1.165) is 41.8 Å². The third-order valence-electron chi connectivity index (χ3n) is 5.69. The van der Waals surface area contributed by atoms with E-state index < -0.39 is 6.10 Å². The number of fused-ring (bicyclic) bond motifs is 1. The van der Waals surface area contributed by atoms with Crippen LogP contribution in [0.15, 0.2) is 30.5 Å². The zero-order chi connectivity index (χ0) is 20.4. The molecule has 1 unspecified atom stereocenters. The van der Waals surface area contributed by atoms with Crippen LogP contribution in [0, 0.1) is 6.92 Å². The van der Waals surface area contributed by atoms with Crippen molar-refractivity contribution < 1.29 is 14.3 Å². The summed E-state index contributed by atoms with van der Waals surface area (Å²) in [5, 5.41) is 4.14. The molecule has 3 heterocycles. The summed E-state index contributed by atoms with van der Waals surface area (Å²) in [7, 11) is 2.07. The highest BCUT2D eigenvalue weighted by Crippen LogP contribution is 2.30. The molecule has 0 bridgehead atoms. The average molecular weight is 399 g/mol. The number of pyridine rings is 1. The highest BCUT2D eigenvalue weighted by Gasteiger charge is 2.32. The van der Waals surface area contributed by atoms with Gasteiger partial charge in [0.1, 0.15) is 0 Å². The highest BCUT2D eigenvalue weighted by molar-refractivity contribution is 5.94. The molecule has 1 aromatic heterocycles. The number of anilines is 1. The zero-order valence-electron chi connectivity index (χ0n) is 17.4. The minimum atomic E-state index is -0.506. The second kappa shape index (κ2) is 8.65. The van der Waals surface area contributed by atoms with E-state index in [0.29, 0.717) is 19.7 Å². The molecular weight excluding hydrogens is 368 g/mol. The summed E-state index contributed by atoms with van der Waals surface area (Å²) in [4.78, 5) is 21.8. The summed E-state index contributed by atoms with van der Waals surface area (Å²) in [5.74, 6) is -0.0760. The first-order valence-corrected chi connectivity index (χ1v) is 10.3. The standard InChI is InChI=1S/C22H30N4O3/c1-15-6-7-19(18-5-4-8-23-21(15)18)26-12-16(2)29-20(14-26)22(27)24-11-17-13-25(3)9-10-28-17/h4-8,16-17,20H,9-14H2,1-3H3,(H,24,27)/t16-,17?,20-/m1/s1. The van der Waals surface area contributed by atoms with Crippen molar-refractivity contribution in [3.63, 3.8) is 0 Å². The number of carbonyl (C=O) groups is 1. The predicted octanol–water partition coefficient (Wildman–Crippen LogP) is 1.58. The molecule has 7 heteroatoms. The Morgan fingerprint density at radius 1 is 1.28 bits per heavy atom. The second-order valence-corrected chi connectivity index (χ2v) is 8.14. The molecule has 7 nitrogen and oxygen atoms in total. The van der Waals surface area contributed by atoms with Gasteiger partial charge in [0.25, 0.3) is 5.91 Å². The molecule has 0 aliphatic carbocycles. The fraction of sp³-hybridized carbons (Fsp3) is 0.545. The number of hydrogen-bond donors (Lipinski definition) is 1. The molecule has 1 amide bonds. The Hall–Kier alpha value is -2.22. The maximum absolute atomic E-state index is 12.8. The summed E-state index contributed by atoms with van der Waals surface area (Å²) >= 11 is 0. The van der Waals surface area contributed by atoms with Crippen molar-refractivity contribution in [2.24, 2.45) is 0 Å². The Labute approximate surface area is 172 Å². The molecule has 2 aliphatic rings. The lowest BCUT2D eigenvalue weighted by Crippen LogP contribution is -2.54. The van der Waals surface area contributed by atoms with Gasteiger partial charge in [0.2, 0.25) is 0 Å². The first-order valence-electron chi connectivity index (χ1n) is 10.3. The van der Waals surface area contributed by atoms with E-state index in [4.69, 9.17) is 9.47 Å². The molecule has 0 radical (unpaired) electrons. The number of amides is 1. The summed E-state index contributed by atoms with van der Waals surface area (Å²) in [5.41, 5.74) is 3.25. The number of ether oxygens (including phenoxy) is 2. The normalized spacial score (nSPS) is 25.9. The van der Waals surface area contributed by atoms with Crippen LogP contribution < -0.4 is 10.2 Å². The average Bonchev–Trinajstić information content (AvgIpc) is 2.72. The first-order chi connectivity index (χ1) is 14.0. The Morgan fingerprint density at radius 2 is 2.14 bits per heavy atom. The van der Waals surface area contributed by atoms with E-state index in [2.05, 4.69) is 52.3 Å². The van der Waals surface area contributed by atoms with Crippen LogP contribution in [0.4, 0.5) is 5.69 Å². The van der Waals surface area contributed by atoms with E-state index in [1.807, 2.05) is 19.2 Å². The molecule has 2 saturated heterocycles. The van der Waals surface area contributed by atoms with Crippen LogP contribution in [0.5, 0.6) is 0 Å². The molecule has 3 atom stereocenters. The lowest BCUT2D eigenvalue weighted by atomic mass is 10.1. The molecule has 1 aromatic carbocycles. The number of likely N-dealkylation sites (N-methyl/N-ethyl adjacent to an activating group) is 1. The van der Waals surface area contributed by atoms with E-state index in [1.165, 1.54) is 0 Å². The summed E-state index contributed by atoms with van der Waals surface area (Å²) < 4.78 is 11.7. The summed E-state index contributed by atoms with van der Waals surface area (Å²) in [6.07, 6.45) is 1.31. The van der Waals surface area contributed by atoms with Crippen molar-refractivity contribution in [3.8, 4) is 0 Å². The number of carbonyl (C=O) groups excluding carboxylic acids is 1. The van der Waals surface area contributed by atoms with E-state index >= 15 is 0 Å². The molecule has 29 heavy (non-hydrogen) atoms. The van der Waals surface area contributed by atoms with Crippen molar-refractivity contribution in [1.82, 2.24) is 15.2 Å². The number of nitrogens with zero attached hydrogens (tertiary/aromatic N) is 3. The SMILES string of the molecule is Cc1ccc(N2C[C@@H](C)O[C@@H](C(=O)NCC3CN(C)CCO3)C2)c2cccnc12. The largest absolute Gasteiger partial charge is 0.374 e. The van der Waals surface area contributed by atoms with Crippen LogP contribution in [0.3, 0.4) is 0 Å². The van der Waals surface area contributed by atoms with Crippen LogP contribution in [0.25, 0.3) is 10.9 Å². The van der Waals surface area contributed by atoms with Gasteiger partial charge in [0, 0.05) is 43.4 Å². The molecule has 1 N–H and O–H groups in total. The van der Waals surface area contributed by atoms with Gasteiger partial charge in [0.15, 0.2) is 6.10 Å². The van der Waals surface area contributed by atoms with Crippen LogP contribution in [0.1, 0.15) is 12.5 Å². The van der Waals surface area contributed by atoms with Crippen LogP contribution >= 0.6 is 0 Å². The molecule has 2 aliphatic heterocycles. The maximum Gasteiger partial charge on any atom is 0.251 e. The first kappa shape index (κ1) is 20.1. The summed E-state index contributed by atoms with van der Waals surface area (Å²) in [6, 6.07) is 8.27. The monoisotopic (exact) mass is 398 g/mol. The second-order valence-electron chi connectivity index (χ2n) is 8.14. The van der Waals surface area contributed by atoms with Gasteiger partial charge < -0.3 is 24.6 Å². The Kier molecular flexibility index (Phi) is 5.99. The number of hydrogen-bond acceptors (Lipinski definition) is 6. The van der Waals surface area contributed by atoms with Gasteiger partial charge in [0.05, 0.1) is 30.9 Å². The number of aromatic nitrogens is 1. The Morgan fingerprint density at radius 3 is 2.97 bits per heavy atom. The number of benzene rings is 1. The fourth-order valence-corrected chi connectivity index (χ4v) is 4.19. The summed E-state index contributed by atoms with van der Waals surface area (Å²) in [6.45, 7) is 8.33. The van der Waals surface area contributed by atoms with E-state index in [-0.39, 0.29) is 18.1 Å². The molecule has 2 aromatic rings. The number of morpholine rings is 2. The van der Waals surface area contributed by atoms with Gasteiger partial charge in [-0.15, -0.1) is 0 Å². The molecular formula is C22H30N4O3. The van der Waals surface area contributed by atoms with Crippen LogP contribution in [-0.4, -0.2) is 80.5 Å². The third kappa shape index (κ3) is 4.52. The van der Waals surface area contributed by atoms with Crippen molar-refractivity contribution >= 4 is 22.5 Å². The zero-order valence-corrected chi connectivity index (χ0v) is 17.4. The minimum absolute atomic E-state index is 0.0296. The highest BCUT2D eigenvalue weighted by atomic mass is 16.5. The lowest BCUT2D eigenvalue weighted by Gasteiger charge is -2.38. The van der Waals surface area contributed by atoms with E-state index in [9.17, 15) is 4.79 Å². The number of rotatable bonds is 4. The van der Waals surface area contributed by atoms with Crippen molar-refractivity contribution in [1.29, 1.82) is 0 Å². The molecule has 4 rings (SSSR count). The van der Waals surface area contributed by atoms with Gasteiger partial charge in [-0.2, -0.15) is 0 Å². The van der Waals surface area contributed by atoms with Crippen molar-refractivity contribution in [2.45, 2.75) is 32.2 Å². The Balaban J connectivity index is 1.46. The number of aryl methyl sites for hydroxylation is 1. The number of nitrogens with one attached hydrogen (secondary N) is 1. The van der Waals surface area contributed by atoms with Crippen molar-refractivity contribution in [2.75, 3.05) is 51.3 Å². The van der Waals surface area contributed by atoms with Crippen LogP contribution in [0.2, 0.25) is 0 Å².